The minimum absolute atomic E-state index is 0.00207. The Morgan fingerprint density at radius 2 is 2.00 bits per heavy atom. The average molecular weight is 425 g/mol. The summed E-state index contributed by atoms with van der Waals surface area (Å²) >= 11 is 0. The predicted octanol–water partition coefficient (Wildman–Crippen LogP) is 2.38. The first-order valence-corrected chi connectivity index (χ1v) is 10.4. The van der Waals surface area contributed by atoms with Gasteiger partial charge in [0.15, 0.2) is 17.3 Å². The van der Waals surface area contributed by atoms with Crippen molar-refractivity contribution in [2.75, 3.05) is 33.4 Å². The smallest absolute Gasteiger partial charge is 0.162 e. The van der Waals surface area contributed by atoms with Gasteiger partial charge in [0.25, 0.3) is 0 Å². The van der Waals surface area contributed by atoms with Gasteiger partial charge >= 0.3 is 0 Å². The van der Waals surface area contributed by atoms with Gasteiger partial charge in [-0.05, 0) is 29.5 Å². The molecular formula is C23H28N4O4. The summed E-state index contributed by atoms with van der Waals surface area (Å²) in [5.74, 6) is 0.0374. The molecule has 1 aromatic rings. The number of ketones is 1. The van der Waals surface area contributed by atoms with Crippen LogP contribution in [0.2, 0.25) is 0 Å². The minimum atomic E-state index is -0.601. The number of phenolic OH excluding ortho intramolecular Hbond substituents is 1. The van der Waals surface area contributed by atoms with Crippen LogP contribution < -0.4 is 10.5 Å². The molecule has 0 bridgehead atoms. The van der Waals surface area contributed by atoms with Crippen molar-refractivity contribution < 1.29 is 19.4 Å². The van der Waals surface area contributed by atoms with E-state index in [1.165, 1.54) is 13.2 Å². The van der Waals surface area contributed by atoms with E-state index in [0.29, 0.717) is 61.7 Å². The molecule has 1 saturated heterocycles. The molecule has 0 amide bonds. The highest BCUT2D eigenvalue weighted by molar-refractivity contribution is 6.00. The number of nitrogens with two attached hydrogens (primary N) is 1. The Balaban J connectivity index is 1.93. The van der Waals surface area contributed by atoms with Crippen molar-refractivity contribution in [1.82, 2.24) is 10.0 Å². The third-order valence-electron chi connectivity index (χ3n) is 6.16. The standard InChI is InChI=1S/C23H28N4O4/c1-23(2)11-16-21(18(29)12-23)20(14-4-5-17(28)19(10-14)30-3)15(13-24)22(25)27(16)26-6-8-31-9-7-26/h4-5,10,20,28H,6-9,11-12,25H2,1-3H3. The molecule has 4 rings (SSSR count). The average Bonchev–Trinajstić information content (AvgIpc) is 2.73. The van der Waals surface area contributed by atoms with Gasteiger partial charge in [0.2, 0.25) is 0 Å². The number of allylic oxidation sites excluding steroid dienone is 3. The van der Waals surface area contributed by atoms with E-state index in [1.807, 2.05) is 5.01 Å². The fourth-order valence-corrected chi connectivity index (χ4v) is 4.78. The van der Waals surface area contributed by atoms with E-state index in [1.54, 1.807) is 12.1 Å². The Bertz CT molecular complexity index is 1010. The Morgan fingerprint density at radius 1 is 1.29 bits per heavy atom. The summed E-state index contributed by atoms with van der Waals surface area (Å²) < 4.78 is 10.8. The number of carbonyl (C=O) groups is 1. The summed E-state index contributed by atoms with van der Waals surface area (Å²) in [5.41, 5.74) is 8.85. The number of ether oxygens (including phenoxy) is 2. The molecule has 2 aliphatic heterocycles. The Hall–Kier alpha value is -3.02. The number of hydrogen-bond donors (Lipinski definition) is 2. The molecule has 3 N–H and O–H groups in total. The second kappa shape index (κ2) is 7.91. The molecule has 1 aliphatic carbocycles. The van der Waals surface area contributed by atoms with Gasteiger partial charge < -0.3 is 20.3 Å². The lowest BCUT2D eigenvalue weighted by molar-refractivity contribution is -0.119. The highest BCUT2D eigenvalue weighted by Gasteiger charge is 2.46. The summed E-state index contributed by atoms with van der Waals surface area (Å²) in [7, 11) is 1.47. The number of morpholine rings is 1. The fraction of sp³-hybridized carbons (Fsp3) is 0.478. The first kappa shape index (κ1) is 21.2. The number of carbonyl (C=O) groups excluding carboxylic acids is 1. The first-order chi connectivity index (χ1) is 14.8. The molecule has 1 atom stereocenters. The highest BCUT2D eigenvalue weighted by atomic mass is 16.5. The van der Waals surface area contributed by atoms with Gasteiger partial charge in [-0.15, -0.1) is 0 Å². The van der Waals surface area contributed by atoms with Crippen molar-refractivity contribution in [3.63, 3.8) is 0 Å². The summed E-state index contributed by atoms with van der Waals surface area (Å²) in [4.78, 5) is 13.5. The van der Waals surface area contributed by atoms with Crippen molar-refractivity contribution in [2.45, 2.75) is 32.6 Å². The molecule has 2 heterocycles. The summed E-state index contributed by atoms with van der Waals surface area (Å²) in [5, 5.41) is 24.1. The van der Waals surface area contributed by atoms with Gasteiger partial charge in [-0.1, -0.05) is 19.9 Å². The molecule has 8 heteroatoms. The molecule has 1 fully saturated rings. The molecule has 3 aliphatic rings. The number of methoxy groups -OCH3 is 1. The lowest BCUT2D eigenvalue weighted by Gasteiger charge is -2.48. The number of rotatable bonds is 3. The molecule has 0 radical (unpaired) electrons. The molecule has 8 nitrogen and oxygen atoms in total. The number of hydrogen-bond acceptors (Lipinski definition) is 8. The number of Topliss-reactive ketones (excluding diaryl/α,β-unsaturated/α-hetero) is 1. The third kappa shape index (κ3) is 3.64. The van der Waals surface area contributed by atoms with Crippen LogP contribution in [0.25, 0.3) is 0 Å². The zero-order valence-electron chi connectivity index (χ0n) is 18.1. The fourth-order valence-electron chi connectivity index (χ4n) is 4.78. The number of hydrazine groups is 1. The van der Waals surface area contributed by atoms with Crippen molar-refractivity contribution in [2.24, 2.45) is 11.1 Å². The molecule has 0 saturated carbocycles. The summed E-state index contributed by atoms with van der Waals surface area (Å²) in [6.07, 6.45) is 1.06. The van der Waals surface area contributed by atoms with E-state index >= 15 is 0 Å². The SMILES string of the molecule is COc1cc(C2C(C#N)=C(N)N(N3CCOCC3)C3=C2C(=O)CC(C)(C)C3)ccc1O. The van der Waals surface area contributed by atoms with Gasteiger partial charge in [0.05, 0.1) is 37.9 Å². The maximum Gasteiger partial charge on any atom is 0.162 e. The van der Waals surface area contributed by atoms with E-state index in [4.69, 9.17) is 15.2 Å². The highest BCUT2D eigenvalue weighted by Crippen LogP contribution is 2.50. The van der Waals surface area contributed by atoms with Crippen LogP contribution >= 0.6 is 0 Å². The lowest BCUT2D eigenvalue weighted by atomic mass is 9.69. The third-order valence-corrected chi connectivity index (χ3v) is 6.16. The molecule has 0 aromatic heterocycles. The van der Waals surface area contributed by atoms with Crippen molar-refractivity contribution >= 4 is 5.78 Å². The van der Waals surface area contributed by atoms with Crippen molar-refractivity contribution in [3.05, 3.63) is 46.4 Å². The molecule has 1 unspecified atom stereocenters. The minimum Gasteiger partial charge on any atom is -0.504 e. The van der Waals surface area contributed by atoms with E-state index < -0.39 is 5.92 Å². The van der Waals surface area contributed by atoms with Crippen LogP contribution in [0.15, 0.2) is 40.9 Å². The van der Waals surface area contributed by atoms with Gasteiger partial charge in [0, 0.05) is 30.8 Å². The van der Waals surface area contributed by atoms with E-state index in [0.717, 1.165) is 5.70 Å². The van der Waals surface area contributed by atoms with Crippen LogP contribution in [0.1, 0.15) is 38.2 Å². The molecule has 1 aromatic carbocycles. The van der Waals surface area contributed by atoms with Crippen LogP contribution in [-0.4, -0.2) is 54.3 Å². The van der Waals surface area contributed by atoms with E-state index in [9.17, 15) is 15.2 Å². The van der Waals surface area contributed by atoms with Crippen LogP contribution in [-0.2, 0) is 9.53 Å². The molecule has 0 spiro atoms. The van der Waals surface area contributed by atoms with Gasteiger partial charge in [-0.3, -0.25) is 9.80 Å². The number of nitrogens with zero attached hydrogens (tertiary/aromatic N) is 3. The first-order valence-electron chi connectivity index (χ1n) is 10.4. The number of benzene rings is 1. The molecule has 164 valence electrons. The Kier molecular flexibility index (Phi) is 5.42. The topological polar surface area (TPSA) is 112 Å². The van der Waals surface area contributed by atoms with Crippen molar-refractivity contribution in [3.8, 4) is 17.6 Å². The van der Waals surface area contributed by atoms with Crippen LogP contribution in [0.5, 0.6) is 11.5 Å². The second-order valence-electron chi connectivity index (χ2n) is 8.95. The largest absolute Gasteiger partial charge is 0.504 e. The van der Waals surface area contributed by atoms with Gasteiger partial charge in [0.1, 0.15) is 5.82 Å². The van der Waals surface area contributed by atoms with Crippen LogP contribution in [0.4, 0.5) is 0 Å². The quantitative estimate of drug-likeness (QED) is 0.761. The zero-order chi connectivity index (χ0) is 22.3. The number of phenols is 1. The maximum atomic E-state index is 13.5. The molecule has 31 heavy (non-hydrogen) atoms. The van der Waals surface area contributed by atoms with Gasteiger partial charge in [-0.2, -0.15) is 5.26 Å². The second-order valence-corrected chi connectivity index (χ2v) is 8.95. The summed E-state index contributed by atoms with van der Waals surface area (Å²) in [6, 6.07) is 7.17. The normalized spacial score (nSPS) is 24.1. The predicted molar refractivity (Wildman–Crippen MR) is 114 cm³/mol. The lowest BCUT2D eigenvalue weighted by Crippen LogP contribution is -2.53. The number of aromatic hydroxyl groups is 1. The summed E-state index contributed by atoms with van der Waals surface area (Å²) in [6.45, 7) is 6.52. The van der Waals surface area contributed by atoms with E-state index in [-0.39, 0.29) is 22.7 Å². The Labute approximate surface area is 182 Å². The van der Waals surface area contributed by atoms with Crippen LogP contribution in [0, 0.1) is 16.7 Å². The van der Waals surface area contributed by atoms with Gasteiger partial charge in [-0.25, -0.2) is 5.01 Å². The monoisotopic (exact) mass is 424 g/mol. The van der Waals surface area contributed by atoms with Crippen LogP contribution in [0.3, 0.4) is 0 Å². The zero-order valence-corrected chi connectivity index (χ0v) is 18.1. The molecular weight excluding hydrogens is 396 g/mol. The van der Waals surface area contributed by atoms with Crippen molar-refractivity contribution in [1.29, 1.82) is 5.26 Å². The number of nitriles is 1. The van der Waals surface area contributed by atoms with E-state index in [2.05, 4.69) is 24.9 Å². The maximum absolute atomic E-state index is 13.5. The Morgan fingerprint density at radius 3 is 2.65 bits per heavy atom.